The van der Waals surface area contributed by atoms with Crippen LogP contribution < -0.4 is 22.0 Å². The molecule has 9 nitrogen and oxygen atoms in total. The molecular weight excluding hydrogens is 706 g/mol. The molecule has 13 heteroatoms. The summed E-state index contributed by atoms with van der Waals surface area (Å²) < 4.78 is 23.8. The lowest BCUT2D eigenvalue weighted by atomic mass is 9.79. The number of thioether (sulfide) groups is 2. The number of hydrogen-bond donors (Lipinski definition) is 3. The number of aromatic carboxylic acids is 1. The largest absolute Gasteiger partial charge is 0.494 e. The molecule has 0 radical (unpaired) electrons. The van der Waals surface area contributed by atoms with E-state index < -0.39 is 20.2 Å². The van der Waals surface area contributed by atoms with Crippen molar-refractivity contribution in [3.63, 3.8) is 0 Å². The van der Waals surface area contributed by atoms with E-state index in [0.29, 0.717) is 5.56 Å². The molecule has 6 rings (SSSR count). The van der Waals surface area contributed by atoms with E-state index in [9.17, 15) is 9.59 Å². The molecular formula is C40H50B2N2O7S2. The van der Waals surface area contributed by atoms with E-state index in [4.69, 9.17) is 29.5 Å². The smallest absolute Gasteiger partial charge is 0.478 e. The van der Waals surface area contributed by atoms with Crippen molar-refractivity contribution in [2.75, 3.05) is 23.6 Å². The number of benzene rings is 4. The molecule has 0 atom stereocenters. The quantitative estimate of drug-likeness (QED) is 0.0984. The Morgan fingerprint density at radius 3 is 1.25 bits per heavy atom. The zero-order valence-corrected chi connectivity index (χ0v) is 33.8. The Bertz CT molecular complexity index is 1800. The van der Waals surface area contributed by atoms with Gasteiger partial charge in [0.25, 0.3) is 5.91 Å². The second kappa shape index (κ2) is 17.2. The summed E-state index contributed by atoms with van der Waals surface area (Å²) in [5.41, 5.74) is 8.15. The third-order valence-electron chi connectivity index (χ3n) is 9.85. The standard InChI is InChI=1S/C20H24BNO3S.C13H17BO4.C7H9NS/c1-19(2)20(3,4)25-21(24-19)15-8-6-14(7-9-15)18(23)22-16-10-12-17(26-5)13-11-16;1-12(2)13(3,4)18-14(17-12)10-7-5-9(6-8-10)11(15)16;1-9-7-4-2-6(8)3-5-7/h6-13H,1-5H3,(H,22,23);5-8H,1-4H3,(H,15,16);2-5H,8H2,1H3. The van der Waals surface area contributed by atoms with Gasteiger partial charge < -0.3 is 34.8 Å². The Morgan fingerprint density at radius 1 is 0.566 bits per heavy atom. The molecule has 0 spiro atoms. The van der Waals surface area contributed by atoms with E-state index in [0.717, 1.165) is 27.2 Å². The van der Waals surface area contributed by atoms with E-state index in [1.54, 1.807) is 59.9 Å². The molecule has 2 heterocycles. The van der Waals surface area contributed by atoms with E-state index in [2.05, 4.69) is 5.32 Å². The first-order valence-electron chi connectivity index (χ1n) is 17.3. The number of nitrogen functional groups attached to an aromatic ring is 1. The Kier molecular flexibility index (Phi) is 13.6. The van der Waals surface area contributed by atoms with Crippen LogP contribution in [0.2, 0.25) is 0 Å². The second-order valence-electron chi connectivity index (χ2n) is 14.7. The number of nitrogens with two attached hydrogens (primary N) is 1. The number of hydrogen-bond acceptors (Lipinski definition) is 9. The van der Waals surface area contributed by atoms with Crippen molar-refractivity contribution >= 4 is 71.9 Å². The van der Waals surface area contributed by atoms with Crippen molar-refractivity contribution in [2.24, 2.45) is 0 Å². The van der Waals surface area contributed by atoms with Crippen molar-refractivity contribution in [1.82, 2.24) is 0 Å². The monoisotopic (exact) mass is 756 g/mol. The van der Waals surface area contributed by atoms with Crippen LogP contribution in [0.5, 0.6) is 0 Å². The first-order valence-corrected chi connectivity index (χ1v) is 19.7. The number of amides is 1. The predicted octanol–water partition coefficient (Wildman–Crippen LogP) is 7.63. The van der Waals surface area contributed by atoms with E-state index >= 15 is 0 Å². The summed E-state index contributed by atoms with van der Waals surface area (Å²) >= 11 is 3.39. The third kappa shape index (κ3) is 10.7. The lowest BCUT2D eigenvalue weighted by Gasteiger charge is -2.32. The molecule has 0 aromatic heterocycles. The fraction of sp³-hybridized carbons (Fsp3) is 0.350. The van der Waals surface area contributed by atoms with Gasteiger partial charge in [0.05, 0.1) is 28.0 Å². The molecule has 2 saturated heterocycles. The molecule has 2 fully saturated rings. The fourth-order valence-electron chi connectivity index (χ4n) is 5.01. The summed E-state index contributed by atoms with van der Waals surface area (Å²) in [4.78, 5) is 25.6. The van der Waals surface area contributed by atoms with Gasteiger partial charge in [-0.1, -0.05) is 24.3 Å². The molecule has 0 saturated carbocycles. The van der Waals surface area contributed by atoms with Gasteiger partial charge in [0, 0.05) is 26.7 Å². The molecule has 53 heavy (non-hydrogen) atoms. The van der Waals surface area contributed by atoms with Gasteiger partial charge in [0.1, 0.15) is 0 Å². The molecule has 0 bridgehead atoms. The SMILES string of the molecule is CC1(C)OB(c2ccc(C(=O)O)cc2)OC1(C)C.CSc1ccc(N)cc1.CSc1ccc(NC(=O)c2ccc(B3OC(C)(C)C(C)(C)O3)cc2)cc1. The summed E-state index contributed by atoms with van der Waals surface area (Å²) in [7, 11) is -0.867. The zero-order valence-electron chi connectivity index (χ0n) is 32.2. The number of carboxylic acid groups (broad SMARTS) is 1. The lowest BCUT2D eigenvalue weighted by molar-refractivity contribution is 0.00578. The molecule has 4 aromatic rings. The minimum Gasteiger partial charge on any atom is -0.478 e. The average Bonchev–Trinajstić information content (AvgIpc) is 3.48. The van der Waals surface area contributed by atoms with Gasteiger partial charge in [-0.05, 0) is 152 Å². The molecule has 280 valence electrons. The molecule has 2 aliphatic rings. The van der Waals surface area contributed by atoms with Gasteiger partial charge in [0.2, 0.25) is 0 Å². The van der Waals surface area contributed by atoms with Crippen LogP contribution in [-0.4, -0.2) is 66.1 Å². The highest BCUT2D eigenvalue weighted by Gasteiger charge is 2.52. The molecule has 2 aliphatic heterocycles. The molecule has 0 unspecified atom stereocenters. The number of rotatable bonds is 7. The van der Waals surface area contributed by atoms with Gasteiger partial charge >= 0.3 is 20.2 Å². The van der Waals surface area contributed by atoms with Crippen molar-refractivity contribution in [3.05, 3.63) is 108 Å². The third-order valence-corrected chi connectivity index (χ3v) is 11.3. The van der Waals surface area contributed by atoms with Crippen LogP contribution in [0.4, 0.5) is 11.4 Å². The summed E-state index contributed by atoms with van der Waals surface area (Å²) in [6, 6.07) is 29.6. The number of carboxylic acids is 1. The topological polar surface area (TPSA) is 129 Å². The van der Waals surface area contributed by atoms with Crippen LogP contribution in [0.25, 0.3) is 0 Å². The maximum absolute atomic E-state index is 12.4. The molecule has 4 N–H and O–H groups in total. The van der Waals surface area contributed by atoms with Gasteiger partial charge in [-0.15, -0.1) is 23.5 Å². The fourth-order valence-corrected chi connectivity index (χ4v) is 5.83. The van der Waals surface area contributed by atoms with Crippen molar-refractivity contribution in [1.29, 1.82) is 0 Å². The molecule has 4 aromatic carbocycles. The first kappa shape index (κ1) is 42.0. The second-order valence-corrected chi connectivity index (χ2v) is 16.4. The maximum Gasteiger partial charge on any atom is 0.494 e. The van der Waals surface area contributed by atoms with Crippen LogP contribution in [0, 0.1) is 0 Å². The Labute approximate surface area is 323 Å². The van der Waals surface area contributed by atoms with Crippen LogP contribution in [0.1, 0.15) is 76.1 Å². The van der Waals surface area contributed by atoms with Crippen LogP contribution in [0.3, 0.4) is 0 Å². The Balaban J connectivity index is 0.000000200. The van der Waals surface area contributed by atoms with E-state index in [-0.39, 0.29) is 33.9 Å². The number of carbonyl (C=O) groups excluding carboxylic acids is 1. The zero-order chi connectivity index (χ0) is 39.2. The van der Waals surface area contributed by atoms with Crippen molar-refractivity contribution < 1.29 is 33.3 Å². The predicted molar refractivity (Wildman–Crippen MR) is 220 cm³/mol. The van der Waals surface area contributed by atoms with Crippen LogP contribution in [-0.2, 0) is 18.6 Å². The highest BCUT2D eigenvalue weighted by Crippen LogP contribution is 2.37. The summed E-state index contributed by atoms with van der Waals surface area (Å²) in [5, 5.41) is 11.8. The van der Waals surface area contributed by atoms with Gasteiger partial charge in [0.15, 0.2) is 0 Å². The van der Waals surface area contributed by atoms with Crippen molar-refractivity contribution in [3.8, 4) is 0 Å². The summed E-state index contributed by atoms with van der Waals surface area (Å²) in [5.74, 6) is -1.07. The van der Waals surface area contributed by atoms with Gasteiger partial charge in [-0.25, -0.2) is 4.79 Å². The van der Waals surface area contributed by atoms with E-state index in [1.807, 2.05) is 129 Å². The summed E-state index contributed by atoms with van der Waals surface area (Å²) in [6.07, 6.45) is 4.07. The number of anilines is 2. The van der Waals surface area contributed by atoms with Gasteiger partial charge in [-0.3, -0.25) is 4.79 Å². The highest BCUT2D eigenvalue weighted by molar-refractivity contribution is 7.98. The first-order chi connectivity index (χ1) is 24.8. The van der Waals surface area contributed by atoms with Crippen LogP contribution >= 0.6 is 23.5 Å². The molecule has 1 amide bonds. The normalized spacial score (nSPS) is 17.5. The summed E-state index contributed by atoms with van der Waals surface area (Å²) in [6.45, 7) is 16.0. The van der Waals surface area contributed by atoms with Crippen molar-refractivity contribution in [2.45, 2.75) is 87.6 Å². The van der Waals surface area contributed by atoms with Gasteiger partial charge in [-0.2, -0.15) is 0 Å². The lowest BCUT2D eigenvalue weighted by Crippen LogP contribution is -2.41. The molecule has 0 aliphatic carbocycles. The number of carbonyl (C=O) groups is 2. The Hall–Kier alpha value is -3.71. The van der Waals surface area contributed by atoms with Crippen LogP contribution in [0.15, 0.2) is 107 Å². The minimum atomic E-state index is -0.935. The minimum absolute atomic E-state index is 0.137. The van der Waals surface area contributed by atoms with E-state index in [1.165, 1.54) is 4.90 Å². The highest BCUT2D eigenvalue weighted by atomic mass is 32.2. The Morgan fingerprint density at radius 2 is 0.906 bits per heavy atom. The maximum atomic E-state index is 12.4. The average molecular weight is 757 g/mol. The number of nitrogens with one attached hydrogen (secondary N) is 1.